The zero-order valence-electron chi connectivity index (χ0n) is 9.89. The zero-order chi connectivity index (χ0) is 13.1. The summed E-state index contributed by atoms with van der Waals surface area (Å²) in [6.45, 7) is 0. The smallest absolute Gasteiger partial charge is 0.125 e. The molecule has 3 nitrogen and oxygen atoms in total. The molecule has 0 unspecified atom stereocenters. The summed E-state index contributed by atoms with van der Waals surface area (Å²) >= 11 is 0. The van der Waals surface area contributed by atoms with Crippen molar-refractivity contribution in [3.63, 3.8) is 0 Å². The van der Waals surface area contributed by atoms with Gasteiger partial charge >= 0.3 is 0 Å². The number of hydrogen-bond acceptors (Lipinski definition) is 3. The Morgan fingerprint density at radius 1 is 1.22 bits per heavy atom. The molecule has 0 aromatic heterocycles. The molecule has 2 aromatic rings. The molecular formula is C14H12FN3. The number of nitrogen functional groups attached to an aromatic ring is 1. The zero-order valence-corrected chi connectivity index (χ0v) is 9.89. The van der Waals surface area contributed by atoms with Gasteiger partial charge in [-0.05, 0) is 36.4 Å². The van der Waals surface area contributed by atoms with E-state index >= 15 is 0 Å². The Bertz CT molecular complexity index is 617. The van der Waals surface area contributed by atoms with E-state index in [0.717, 1.165) is 5.69 Å². The monoisotopic (exact) mass is 241 g/mol. The molecule has 2 rings (SSSR count). The van der Waals surface area contributed by atoms with E-state index in [1.807, 2.05) is 6.07 Å². The Kier molecular flexibility index (Phi) is 3.16. The minimum atomic E-state index is -0.299. The number of nitrogens with two attached hydrogens (primary N) is 1. The van der Waals surface area contributed by atoms with Crippen molar-refractivity contribution in [2.45, 2.75) is 0 Å². The molecule has 18 heavy (non-hydrogen) atoms. The molecule has 0 aliphatic heterocycles. The van der Waals surface area contributed by atoms with Crippen LogP contribution in [0.3, 0.4) is 0 Å². The van der Waals surface area contributed by atoms with Gasteiger partial charge in [-0.3, -0.25) is 0 Å². The standard InChI is InChI=1S/C14H12FN3/c1-18(12-4-2-3-11(15)8-12)14-6-5-10(9-16)7-13(14)17/h2-8H,17H2,1H3. The number of anilines is 3. The highest BCUT2D eigenvalue weighted by molar-refractivity contribution is 5.75. The van der Waals surface area contributed by atoms with Crippen LogP contribution in [0.2, 0.25) is 0 Å². The van der Waals surface area contributed by atoms with Crippen molar-refractivity contribution >= 4 is 17.1 Å². The molecule has 0 heterocycles. The van der Waals surface area contributed by atoms with Gasteiger partial charge in [0.1, 0.15) is 5.82 Å². The number of benzene rings is 2. The number of nitriles is 1. The van der Waals surface area contributed by atoms with Crippen LogP contribution in [0.4, 0.5) is 21.5 Å². The van der Waals surface area contributed by atoms with Gasteiger partial charge in [0.15, 0.2) is 0 Å². The van der Waals surface area contributed by atoms with Crippen LogP contribution in [0.15, 0.2) is 42.5 Å². The topological polar surface area (TPSA) is 53.0 Å². The second kappa shape index (κ2) is 4.76. The lowest BCUT2D eigenvalue weighted by Gasteiger charge is -2.21. The minimum Gasteiger partial charge on any atom is -0.397 e. The molecule has 0 amide bonds. The fourth-order valence-electron chi connectivity index (χ4n) is 1.75. The van der Waals surface area contributed by atoms with Crippen LogP contribution in [0, 0.1) is 17.1 Å². The average Bonchev–Trinajstić information content (AvgIpc) is 2.37. The van der Waals surface area contributed by atoms with Crippen molar-refractivity contribution in [1.29, 1.82) is 5.26 Å². The van der Waals surface area contributed by atoms with Gasteiger partial charge in [0.2, 0.25) is 0 Å². The van der Waals surface area contributed by atoms with Gasteiger partial charge in [0.25, 0.3) is 0 Å². The highest BCUT2D eigenvalue weighted by Crippen LogP contribution is 2.29. The van der Waals surface area contributed by atoms with Crippen molar-refractivity contribution in [1.82, 2.24) is 0 Å². The lowest BCUT2D eigenvalue weighted by atomic mass is 10.1. The van der Waals surface area contributed by atoms with Gasteiger partial charge in [-0.15, -0.1) is 0 Å². The van der Waals surface area contributed by atoms with E-state index in [-0.39, 0.29) is 5.82 Å². The molecule has 0 fully saturated rings. The van der Waals surface area contributed by atoms with Crippen LogP contribution in [0.5, 0.6) is 0 Å². The fraction of sp³-hybridized carbons (Fsp3) is 0.0714. The summed E-state index contributed by atoms with van der Waals surface area (Å²) < 4.78 is 13.2. The molecule has 0 saturated heterocycles. The third kappa shape index (κ3) is 2.25. The summed E-state index contributed by atoms with van der Waals surface area (Å²) in [7, 11) is 1.80. The van der Waals surface area contributed by atoms with E-state index in [1.165, 1.54) is 12.1 Å². The first-order valence-corrected chi connectivity index (χ1v) is 5.41. The van der Waals surface area contributed by atoms with Gasteiger partial charge in [-0.2, -0.15) is 5.26 Å². The molecular weight excluding hydrogens is 229 g/mol. The number of halogens is 1. The second-order valence-corrected chi connectivity index (χ2v) is 3.92. The lowest BCUT2D eigenvalue weighted by molar-refractivity contribution is 0.628. The molecule has 4 heteroatoms. The Morgan fingerprint density at radius 3 is 2.61 bits per heavy atom. The summed E-state index contributed by atoms with van der Waals surface area (Å²) in [5.41, 5.74) is 8.31. The largest absolute Gasteiger partial charge is 0.397 e. The lowest BCUT2D eigenvalue weighted by Crippen LogP contribution is -2.11. The molecule has 2 aromatic carbocycles. The Labute approximate surface area is 105 Å². The highest BCUT2D eigenvalue weighted by atomic mass is 19.1. The third-order valence-corrected chi connectivity index (χ3v) is 2.71. The predicted octanol–water partition coefficient (Wildman–Crippen LogP) is 3.05. The van der Waals surface area contributed by atoms with Crippen molar-refractivity contribution in [2.24, 2.45) is 0 Å². The predicted molar refractivity (Wildman–Crippen MR) is 70.0 cm³/mol. The van der Waals surface area contributed by atoms with Gasteiger partial charge in [0, 0.05) is 12.7 Å². The Morgan fingerprint density at radius 2 is 2.00 bits per heavy atom. The summed E-state index contributed by atoms with van der Waals surface area (Å²) in [4.78, 5) is 1.78. The van der Waals surface area contributed by atoms with Gasteiger partial charge < -0.3 is 10.6 Å². The van der Waals surface area contributed by atoms with Crippen LogP contribution in [0.25, 0.3) is 0 Å². The molecule has 0 atom stereocenters. The van der Waals surface area contributed by atoms with Crippen LogP contribution < -0.4 is 10.6 Å². The maximum atomic E-state index is 13.2. The molecule has 90 valence electrons. The Hall–Kier alpha value is -2.54. The van der Waals surface area contributed by atoms with E-state index in [1.54, 1.807) is 42.3 Å². The maximum absolute atomic E-state index is 13.2. The van der Waals surface area contributed by atoms with Crippen molar-refractivity contribution in [2.75, 3.05) is 17.7 Å². The number of rotatable bonds is 2. The van der Waals surface area contributed by atoms with Crippen molar-refractivity contribution in [3.05, 3.63) is 53.8 Å². The SMILES string of the molecule is CN(c1cccc(F)c1)c1ccc(C#N)cc1N. The van der Waals surface area contributed by atoms with Crippen molar-refractivity contribution in [3.8, 4) is 6.07 Å². The summed E-state index contributed by atoms with van der Waals surface area (Å²) in [5, 5.41) is 8.78. The van der Waals surface area contributed by atoms with Gasteiger partial charge in [0.05, 0.1) is 23.0 Å². The van der Waals surface area contributed by atoms with Gasteiger partial charge in [-0.25, -0.2) is 4.39 Å². The number of nitrogens with zero attached hydrogens (tertiary/aromatic N) is 2. The summed E-state index contributed by atoms with van der Waals surface area (Å²) in [6.07, 6.45) is 0. The molecule has 2 N–H and O–H groups in total. The van der Waals surface area contributed by atoms with E-state index in [9.17, 15) is 4.39 Å². The van der Waals surface area contributed by atoms with Crippen LogP contribution in [0.1, 0.15) is 5.56 Å². The van der Waals surface area contributed by atoms with E-state index < -0.39 is 0 Å². The van der Waals surface area contributed by atoms with Gasteiger partial charge in [-0.1, -0.05) is 6.07 Å². The van der Waals surface area contributed by atoms with Crippen LogP contribution in [-0.2, 0) is 0 Å². The first-order valence-electron chi connectivity index (χ1n) is 5.41. The summed E-state index contributed by atoms with van der Waals surface area (Å²) in [6, 6.07) is 13.3. The molecule has 0 aliphatic carbocycles. The Balaban J connectivity index is 2.40. The minimum absolute atomic E-state index is 0.299. The van der Waals surface area contributed by atoms with Crippen LogP contribution >= 0.6 is 0 Å². The average molecular weight is 241 g/mol. The molecule has 0 aliphatic rings. The normalized spacial score (nSPS) is 9.83. The number of hydrogen-bond donors (Lipinski definition) is 1. The second-order valence-electron chi connectivity index (χ2n) is 3.92. The van der Waals surface area contributed by atoms with Crippen molar-refractivity contribution < 1.29 is 4.39 Å². The van der Waals surface area contributed by atoms with E-state index in [2.05, 4.69) is 0 Å². The maximum Gasteiger partial charge on any atom is 0.125 e. The molecule has 0 bridgehead atoms. The molecule has 0 radical (unpaired) electrons. The first kappa shape index (κ1) is 11.9. The summed E-state index contributed by atoms with van der Waals surface area (Å²) in [5.74, 6) is -0.299. The molecule has 0 spiro atoms. The highest BCUT2D eigenvalue weighted by Gasteiger charge is 2.08. The van der Waals surface area contributed by atoms with Crippen LogP contribution in [-0.4, -0.2) is 7.05 Å². The van der Waals surface area contributed by atoms with E-state index in [0.29, 0.717) is 16.9 Å². The first-order chi connectivity index (χ1) is 8.61. The quantitative estimate of drug-likeness (QED) is 0.822. The molecule has 0 saturated carbocycles. The van der Waals surface area contributed by atoms with E-state index in [4.69, 9.17) is 11.0 Å². The third-order valence-electron chi connectivity index (χ3n) is 2.71. The fourth-order valence-corrected chi connectivity index (χ4v) is 1.75.